The molecule has 1 saturated carbocycles. The molecule has 1 aromatic rings. The Morgan fingerprint density at radius 2 is 2.20 bits per heavy atom. The van der Waals surface area contributed by atoms with E-state index in [1.807, 2.05) is 7.05 Å². The van der Waals surface area contributed by atoms with Gasteiger partial charge in [-0.15, -0.1) is 0 Å². The summed E-state index contributed by atoms with van der Waals surface area (Å²) < 4.78 is 11.2. The summed E-state index contributed by atoms with van der Waals surface area (Å²) in [5.41, 5.74) is 2.64. The first kappa shape index (κ1) is 17.0. The Morgan fingerprint density at radius 3 is 2.96 bits per heavy atom. The van der Waals surface area contributed by atoms with E-state index < -0.39 is 0 Å². The van der Waals surface area contributed by atoms with Gasteiger partial charge in [0.15, 0.2) is 0 Å². The monoisotopic (exact) mass is 344 g/mol. The Labute approximate surface area is 149 Å². The van der Waals surface area contributed by atoms with Crippen LogP contribution in [-0.4, -0.2) is 62.3 Å². The zero-order valence-corrected chi connectivity index (χ0v) is 15.2. The highest BCUT2D eigenvalue weighted by atomic mass is 16.5. The standard InChI is InChI=1S/C20H28N2O3/c1-21(9-10-24-2)19(23)18-11-20(14-25-18)17-6-4-3-5-16(17)13-22(20)12-15-7-8-15/h3-6,15,18H,7-14H2,1-2H3. The van der Waals surface area contributed by atoms with Gasteiger partial charge in [0, 0.05) is 40.2 Å². The van der Waals surface area contributed by atoms with Gasteiger partial charge in [-0.1, -0.05) is 24.3 Å². The number of carbonyl (C=O) groups excluding carboxylic acids is 1. The van der Waals surface area contributed by atoms with E-state index in [4.69, 9.17) is 9.47 Å². The van der Waals surface area contributed by atoms with Crippen LogP contribution >= 0.6 is 0 Å². The van der Waals surface area contributed by atoms with Gasteiger partial charge in [-0.05, 0) is 29.9 Å². The highest BCUT2D eigenvalue weighted by Gasteiger charge is 2.53. The summed E-state index contributed by atoms with van der Waals surface area (Å²) in [6, 6.07) is 8.68. The molecule has 3 aliphatic rings. The van der Waals surface area contributed by atoms with E-state index in [9.17, 15) is 4.79 Å². The third kappa shape index (κ3) is 3.09. The second-order valence-electron chi connectivity index (χ2n) is 7.77. The Morgan fingerprint density at radius 1 is 1.40 bits per heavy atom. The molecule has 1 saturated heterocycles. The number of benzene rings is 1. The predicted molar refractivity (Wildman–Crippen MR) is 95.1 cm³/mol. The first-order chi connectivity index (χ1) is 12.1. The van der Waals surface area contributed by atoms with Crippen molar-refractivity contribution in [2.24, 2.45) is 5.92 Å². The molecule has 4 rings (SSSR count). The minimum atomic E-state index is -0.352. The zero-order valence-electron chi connectivity index (χ0n) is 15.2. The van der Waals surface area contributed by atoms with E-state index in [0.29, 0.717) is 19.8 Å². The Balaban J connectivity index is 1.54. The molecule has 25 heavy (non-hydrogen) atoms. The molecular weight excluding hydrogens is 316 g/mol. The maximum absolute atomic E-state index is 12.8. The number of hydrogen-bond acceptors (Lipinski definition) is 4. The molecule has 136 valence electrons. The Bertz CT molecular complexity index is 646. The van der Waals surface area contributed by atoms with E-state index in [-0.39, 0.29) is 17.6 Å². The molecular formula is C20H28N2O3. The summed E-state index contributed by atoms with van der Waals surface area (Å²) in [6.07, 6.45) is 3.08. The van der Waals surface area contributed by atoms with Gasteiger partial charge in [-0.25, -0.2) is 0 Å². The van der Waals surface area contributed by atoms with E-state index in [2.05, 4.69) is 29.2 Å². The van der Waals surface area contributed by atoms with Crippen LogP contribution in [0.15, 0.2) is 24.3 Å². The minimum Gasteiger partial charge on any atom is -0.383 e. The molecule has 1 amide bonds. The van der Waals surface area contributed by atoms with Crippen molar-refractivity contribution in [3.05, 3.63) is 35.4 Å². The van der Waals surface area contributed by atoms with Crippen LogP contribution in [0.4, 0.5) is 0 Å². The minimum absolute atomic E-state index is 0.0738. The van der Waals surface area contributed by atoms with Crippen LogP contribution in [0.1, 0.15) is 30.4 Å². The smallest absolute Gasteiger partial charge is 0.251 e. The lowest BCUT2D eigenvalue weighted by atomic mass is 9.86. The number of hydrogen-bond donors (Lipinski definition) is 0. The SMILES string of the molecule is COCCN(C)C(=O)C1CC2(CO1)c1ccccc1CN2CC1CC1. The largest absolute Gasteiger partial charge is 0.383 e. The maximum Gasteiger partial charge on any atom is 0.251 e. The van der Waals surface area contributed by atoms with Gasteiger partial charge < -0.3 is 14.4 Å². The lowest BCUT2D eigenvalue weighted by molar-refractivity contribution is -0.140. The van der Waals surface area contributed by atoms with Crippen molar-refractivity contribution in [1.29, 1.82) is 0 Å². The maximum atomic E-state index is 12.8. The van der Waals surface area contributed by atoms with Crippen molar-refractivity contribution in [3.8, 4) is 0 Å². The fourth-order valence-corrected chi connectivity index (χ4v) is 4.30. The van der Waals surface area contributed by atoms with Gasteiger partial charge >= 0.3 is 0 Å². The quantitative estimate of drug-likeness (QED) is 0.792. The van der Waals surface area contributed by atoms with Crippen LogP contribution in [0.5, 0.6) is 0 Å². The molecule has 0 bridgehead atoms. The highest BCUT2D eigenvalue weighted by molar-refractivity contribution is 5.81. The molecule has 5 heteroatoms. The second kappa shape index (κ2) is 6.71. The molecule has 2 atom stereocenters. The second-order valence-corrected chi connectivity index (χ2v) is 7.77. The van der Waals surface area contributed by atoms with Gasteiger partial charge in [0.1, 0.15) is 6.10 Å². The van der Waals surface area contributed by atoms with Crippen LogP contribution in [0.2, 0.25) is 0 Å². The summed E-state index contributed by atoms with van der Waals surface area (Å²) in [5.74, 6) is 0.898. The third-order valence-electron chi connectivity index (χ3n) is 5.99. The number of rotatable bonds is 6. The van der Waals surface area contributed by atoms with Crippen LogP contribution in [0.25, 0.3) is 0 Å². The summed E-state index contributed by atoms with van der Waals surface area (Å²) >= 11 is 0. The van der Waals surface area contributed by atoms with Gasteiger partial charge in [-0.2, -0.15) is 0 Å². The molecule has 2 aliphatic heterocycles. The predicted octanol–water partition coefficient (Wildman–Crippen LogP) is 2.00. The van der Waals surface area contributed by atoms with Crippen molar-refractivity contribution < 1.29 is 14.3 Å². The molecule has 0 radical (unpaired) electrons. The van der Waals surface area contributed by atoms with E-state index in [1.54, 1.807) is 12.0 Å². The van der Waals surface area contributed by atoms with Crippen LogP contribution < -0.4 is 0 Å². The van der Waals surface area contributed by atoms with Gasteiger partial charge in [-0.3, -0.25) is 9.69 Å². The molecule has 0 aromatic heterocycles. The van der Waals surface area contributed by atoms with Crippen molar-refractivity contribution in [2.45, 2.75) is 37.5 Å². The lowest BCUT2D eigenvalue weighted by Crippen LogP contribution is -2.44. The average Bonchev–Trinajstić information content (AvgIpc) is 3.26. The van der Waals surface area contributed by atoms with Crippen molar-refractivity contribution >= 4 is 5.91 Å². The third-order valence-corrected chi connectivity index (χ3v) is 5.99. The number of amides is 1. The fraction of sp³-hybridized carbons (Fsp3) is 0.650. The first-order valence-electron chi connectivity index (χ1n) is 9.33. The molecule has 1 aromatic carbocycles. The lowest BCUT2D eigenvalue weighted by Gasteiger charge is -2.35. The molecule has 0 N–H and O–H groups in total. The number of fused-ring (bicyclic) bond motifs is 2. The molecule has 2 unspecified atom stereocenters. The van der Waals surface area contributed by atoms with Crippen molar-refractivity contribution in [3.63, 3.8) is 0 Å². The summed E-state index contributed by atoms with van der Waals surface area (Å²) in [6.45, 7) is 3.88. The number of carbonyl (C=O) groups is 1. The summed E-state index contributed by atoms with van der Waals surface area (Å²) in [7, 11) is 3.49. The molecule has 5 nitrogen and oxygen atoms in total. The van der Waals surface area contributed by atoms with Crippen LogP contribution in [-0.2, 0) is 26.4 Å². The summed E-state index contributed by atoms with van der Waals surface area (Å²) in [4.78, 5) is 17.1. The van der Waals surface area contributed by atoms with Gasteiger partial charge in [0.25, 0.3) is 5.91 Å². The number of methoxy groups -OCH3 is 1. The normalized spacial score (nSPS) is 28.5. The summed E-state index contributed by atoms with van der Waals surface area (Å²) in [5, 5.41) is 0. The van der Waals surface area contributed by atoms with Crippen molar-refractivity contribution in [1.82, 2.24) is 9.80 Å². The van der Waals surface area contributed by atoms with Crippen LogP contribution in [0, 0.1) is 5.92 Å². The van der Waals surface area contributed by atoms with E-state index in [1.165, 1.54) is 24.0 Å². The highest BCUT2D eigenvalue weighted by Crippen LogP contribution is 2.48. The van der Waals surface area contributed by atoms with Crippen molar-refractivity contribution in [2.75, 3.05) is 40.5 Å². The number of ether oxygens (including phenoxy) is 2. The topological polar surface area (TPSA) is 42.0 Å². The Kier molecular flexibility index (Phi) is 4.56. The number of nitrogens with zero attached hydrogens (tertiary/aromatic N) is 2. The van der Waals surface area contributed by atoms with Gasteiger partial charge in [0.2, 0.25) is 0 Å². The fourth-order valence-electron chi connectivity index (χ4n) is 4.30. The van der Waals surface area contributed by atoms with Gasteiger partial charge in [0.05, 0.1) is 18.8 Å². The first-order valence-corrected chi connectivity index (χ1v) is 9.33. The number of likely N-dealkylation sites (N-methyl/N-ethyl adjacent to an activating group) is 1. The Hall–Kier alpha value is -1.43. The van der Waals surface area contributed by atoms with E-state index >= 15 is 0 Å². The molecule has 1 aliphatic carbocycles. The average molecular weight is 344 g/mol. The van der Waals surface area contributed by atoms with E-state index in [0.717, 1.165) is 25.4 Å². The van der Waals surface area contributed by atoms with Crippen LogP contribution in [0.3, 0.4) is 0 Å². The zero-order chi connectivity index (χ0) is 17.4. The molecule has 1 spiro atoms. The molecule has 2 heterocycles. The molecule has 2 fully saturated rings.